The maximum absolute atomic E-state index is 13.6. The molecule has 0 radical (unpaired) electrons. The second-order valence-corrected chi connectivity index (χ2v) is 5.43. The van der Waals surface area contributed by atoms with Gasteiger partial charge in [0.25, 0.3) is 5.91 Å². The van der Waals surface area contributed by atoms with Crippen LogP contribution in [-0.4, -0.2) is 15.6 Å². The van der Waals surface area contributed by atoms with Crippen molar-refractivity contribution in [1.82, 2.24) is 9.88 Å². The zero-order valence-electron chi connectivity index (χ0n) is 12.7. The average Bonchev–Trinajstić information content (AvgIpc) is 2.94. The highest BCUT2D eigenvalue weighted by atomic mass is 19.1. The molecule has 0 fully saturated rings. The van der Waals surface area contributed by atoms with Gasteiger partial charge in [-0.1, -0.05) is 18.2 Å². The number of nitrogens with one attached hydrogen (secondary N) is 1. The summed E-state index contributed by atoms with van der Waals surface area (Å²) >= 11 is 0. The molecule has 5 heteroatoms. The number of hydrogen-bond donors (Lipinski definition) is 2. The Morgan fingerprint density at radius 3 is 2.83 bits per heavy atom. The van der Waals surface area contributed by atoms with Crippen LogP contribution in [0.3, 0.4) is 0 Å². The van der Waals surface area contributed by atoms with Gasteiger partial charge >= 0.3 is 0 Å². The van der Waals surface area contributed by atoms with E-state index in [1.165, 1.54) is 12.1 Å². The van der Waals surface area contributed by atoms with Gasteiger partial charge in [-0.3, -0.25) is 4.79 Å². The van der Waals surface area contributed by atoms with Crippen LogP contribution in [0.4, 0.5) is 4.39 Å². The van der Waals surface area contributed by atoms with Crippen molar-refractivity contribution in [3.63, 3.8) is 0 Å². The summed E-state index contributed by atoms with van der Waals surface area (Å²) in [4.78, 5) is 12.4. The molecular weight excluding hydrogens is 295 g/mol. The zero-order valence-corrected chi connectivity index (χ0v) is 12.7. The second kappa shape index (κ2) is 6.22. The van der Waals surface area contributed by atoms with Crippen LogP contribution in [0.2, 0.25) is 0 Å². The van der Waals surface area contributed by atoms with Gasteiger partial charge in [0.1, 0.15) is 5.82 Å². The van der Waals surface area contributed by atoms with Crippen molar-refractivity contribution in [3.05, 3.63) is 71.2 Å². The normalized spacial score (nSPS) is 10.9. The number of fused-ring (bicyclic) bond motifs is 1. The molecule has 0 aliphatic rings. The fourth-order valence-corrected chi connectivity index (χ4v) is 2.61. The maximum atomic E-state index is 13.6. The van der Waals surface area contributed by atoms with Crippen molar-refractivity contribution in [2.45, 2.75) is 13.2 Å². The molecule has 3 rings (SSSR count). The lowest BCUT2D eigenvalue weighted by molar-refractivity contribution is 0.0952. The number of carbonyl (C=O) groups excluding carboxylic acids is 1. The SMILES string of the molecule is Cn1ccc2c(C(=O)NCc3ccc(CO)c(F)c3)cccc21. The molecule has 0 atom stereocenters. The van der Waals surface area contributed by atoms with Crippen molar-refractivity contribution >= 4 is 16.8 Å². The second-order valence-electron chi connectivity index (χ2n) is 5.43. The third kappa shape index (κ3) is 2.96. The van der Waals surface area contributed by atoms with Crippen LogP contribution in [0.5, 0.6) is 0 Å². The van der Waals surface area contributed by atoms with Crippen molar-refractivity contribution in [3.8, 4) is 0 Å². The Morgan fingerprint density at radius 1 is 1.26 bits per heavy atom. The Labute approximate surface area is 133 Å². The van der Waals surface area contributed by atoms with Crippen LogP contribution in [0.15, 0.2) is 48.7 Å². The standard InChI is InChI=1S/C18H17FN2O2/c1-21-8-7-14-15(3-2-4-17(14)21)18(23)20-10-12-5-6-13(11-22)16(19)9-12/h2-9,22H,10-11H2,1H3,(H,20,23). The lowest BCUT2D eigenvalue weighted by atomic mass is 10.1. The van der Waals surface area contributed by atoms with E-state index in [-0.39, 0.29) is 24.6 Å². The topological polar surface area (TPSA) is 54.3 Å². The fraction of sp³-hybridized carbons (Fsp3) is 0.167. The van der Waals surface area contributed by atoms with Gasteiger partial charge in [0.15, 0.2) is 0 Å². The number of benzene rings is 2. The smallest absolute Gasteiger partial charge is 0.252 e. The van der Waals surface area contributed by atoms with Crippen molar-refractivity contribution in [2.24, 2.45) is 7.05 Å². The number of aryl methyl sites for hydroxylation is 1. The van der Waals surface area contributed by atoms with E-state index in [0.717, 1.165) is 10.9 Å². The minimum Gasteiger partial charge on any atom is -0.392 e. The molecule has 0 spiro atoms. The highest BCUT2D eigenvalue weighted by molar-refractivity contribution is 6.06. The Hall–Kier alpha value is -2.66. The predicted molar refractivity (Wildman–Crippen MR) is 86.4 cm³/mol. The number of rotatable bonds is 4. The van der Waals surface area contributed by atoms with Gasteiger partial charge in [-0.15, -0.1) is 0 Å². The average molecular weight is 312 g/mol. The van der Waals surface area contributed by atoms with Crippen LogP contribution in [-0.2, 0) is 20.2 Å². The number of amides is 1. The summed E-state index contributed by atoms with van der Waals surface area (Å²) in [6.07, 6.45) is 1.91. The predicted octanol–water partition coefficient (Wildman–Crippen LogP) is 2.74. The number of carbonyl (C=O) groups is 1. The molecule has 0 bridgehead atoms. The fourth-order valence-electron chi connectivity index (χ4n) is 2.61. The van der Waals surface area contributed by atoms with Gasteiger partial charge in [-0.2, -0.15) is 0 Å². The highest BCUT2D eigenvalue weighted by Gasteiger charge is 2.11. The summed E-state index contributed by atoms with van der Waals surface area (Å²) in [5.74, 6) is -0.669. The summed E-state index contributed by atoms with van der Waals surface area (Å²) in [6, 6.07) is 12.0. The van der Waals surface area contributed by atoms with Crippen LogP contribution in [0, 0.1) is 5.82 Å². The van der Waals surface area contributed by atoms with E-state index in [9.17, 15) is 9.18 Å². The number of aliphatic hydroxyl groups excluding tert-OH is 1. The first kappa shape index (κ1) is 15.2. The van der Waals surface area contributed by atoms with Crippen LogP contribution in [0.25, 0.3) is 10.9 Å². The highest BCUT2D eigenvalue weighted by Crippen LogP contribution is 2.19. The summed E-state index contributed by atoms with van der Waals surface area (Å²) in [7, 11) is 1.93. The summed E-state index contributed by atoms with van der Waals surface area (Å²) in [6.45, 7) is -0.112. The molecule has 23 heavy (non-hydrogen) atoms. The van der Waals surface area contributed by atoms with Crippen molar-refractivity contribution < 1.29 is 14.3 Å². The van der Waals surface area contributed by atoms with Crippen molar-refractivity contribution in [1.29, 1.82) is 0 Å². The minimum atomic E-state index is -0.468. The third-order valence-corrected chi connectivity index (χ3v) is 3.91. The Bertz CT molecular complexity index is 871. The van der Waals surface area contributed by atoms with E-state index in [2.05, 4.69) is 5.32 Å². The molecule has 3 aromatic rings. The summed E-state index contributed by atoms with van der Waals surface area (Å²) in [5, 5.41) is 12.7. The van der Waals surface area contributed by atoms with Crippen LogP contribution in [0.1, 0.15) is 21.5 Å². The quantitative estimate of drug-likeness (QED) is 0.778. The lowest BCUT2D eigenvalue weighted by Crippen LogP contribution is -2.23. The molecule has 1 heterocycles. The Morgan fingerprint density at radius 2 is 2.09 bits per heavy atom. The molecule has 2 N–H and O–H groups in total. The lowest BCUT2D eigenvalue weighted by Gasteiger charge is -2.08. The van der Waals surface area contributed by atoms with Gasteiger partial charge in [-0.25, -0.2) is 4.39 Å². The number of aromatic nitrogens is 1. The van der Waals surface area contributed by atoms with Crippen LogP contribution < -0.4 is 5.32 Å². The molecular formula is C18H17FN2O2. The molecule has 0 aliphatic heterocycles. The Kier molecular flexibility index (Phi) is 4.12. The molecule has 1 aromatic heterocycles. The first-order valence-electron chi connectivity index (χ1n) is 7.30. The molecule has 0 unspecified atom stereocenters. The van der Waals surface area contributed by atoms with E-state index >= 15 is 0 Å². The summed E-state index contributed by atoms with van der Waals surface area (Å²) < 4.78 is 15.6. The number of hydrogen-bond acceptors (Lipinski definition) is 2. The van der Waals surface area contributed by atoms with E-state index < -0.39 is 5.82 Å². The van der Waals surface area contributed by atoms with Gasteiger partial charge in [0.2, 0.25) is 0 Å². The third-order valence-electron chi connectivity index (χ3n) is 3.91. The molecule has 0 aliphatic carbocycles. The van der Waals surface area contributed by atoms with Gasteiger partial charge < -0.3 is 15.0 Å². The first-order valence-corrected chi connectivity index (χ1v) is 7.30. The van der Waals surface area contributed by atoms with E-state index in [0.29, 0.717) is 11.1 Å². The monoisotopic (exact) mass is 312 g/mol. The molecule has 1 amide bonds. The zero-order chi connectivity index (χ0) is 16.4. The molecule has 118 valence electrons. The minimum absolute atomic E-state index is 0.201. The maximum Gasteiger partial charge on any atom is 0.252 e. The molecule has 2 aromatic carbocycles. The first-order chi connectivity index (χ1) is 11.1. The van der Waals surface area contributed by atoms with Crippen LogP contribution >= 0.6 is 0 Å². The van der Waals surface area contributed by atoms with Gasteiger partial charge in [0, 0.05) is 41.8 Å². The van der Waals surface area contributed by atoms with E-state index in [1.54, 1.807) is 12.1 Å². The molecule has 0 saturated carbocycles. The van der Waals surface area contributed by atoms with Gasteiger partial charge in [0.05, 0.1) is 6.61 Å². The number of nitrogens with zero attached hydrogens (tertiary/aromatic N) is 1. The van der Waals surface area contributed by atoms with Gasteiger partial charge in [-0.05, 0) is 29.8 Å². The largest absolute Gasteiger partial charge is 0.392 e. The molecule has 4 nitrogen and oxygen atoms in total. The van der Waals surface area contributed by atoms with E-state index in [4.69, 9.17) is 5.11 Å². The summed E-state index contributed by atoms with van der Waals surface area (Å²) in [5.41, 5.74) is 2.47. The van der Waals surface area contributed by atoms with Crippen molar-refractivity contribution in [2.75, 3.05) is 0 Å². The Balaban J connectivity index is 1.77. The number of halogens is 1. The molecule has 0 saturated heterocycles. The number of aliphatic hydroxyl groups is 1. The van der Waals surface area contributed by atoms with E-state index in [1.807, 2.05) is 36.0 Å².